The SMILES string of the molecule is CN(Cc1cnn(C)c1)S(=O)(=O)N1CCC(CCl)CC1. The van der Waals surface area contributed by atoms with E-state index in [2.05, 4.69) is 5.10 Å². The lowest BCUT2D eigenvalue weighted by molar-refractivity contribution is 0.271. The number of aromatic nitrogens is 2. The van der Waals surface area contributed by atoms with Gasteiger partial charge in [-0.2, -0.15) is 22.1 Å². The van der Waals surface area contributed by atoms with Gasteiger partial charge in [0.1, 0.15) is 0 Å². The van der Waals surface area contributed by atoms with Gasteiger partial charge in [0, 0.05) is 51.4 Å². The number of piperidine rings is 1. The van der Waals surface area contributed by atoms with E-state index in [1.807, 2.05) is 13.2 Å². The van der Waals surface area contributed by atoms with Crippen LogP contribution in [0.4, 0.5) is 0 Å². The van der Waals surface area contributed by atoms with Gasteiger partial charge < -0.3 is 0 Å². The maximum absolute atomic E-state index is 12.5. The average molecular weight is 321 g/mol. The summed E-state index contributed by atoms with van der Waals surface area (Å²) in [5, 5.41) is 4.05. The minimum Gasteiger partial charge on any atom is -0.275 e. The molecule has 114 valence electrons. The molecule has 20 heavy (non-hydrogen) atoms. The molecule has 0 atom stereocenters. The summed E-state index contributed by atoms with van der Waals surface area (Å²) in [5.41, 5.74) is 0.884. The maximum atomic E-state index is 12.5. The van der Waals surface area contributed by atoms with Crippen molar-refractivity contribution >= 4 is 21.8 Å². The van der Waals surface area contributed by atoms with Crippen LogP contribution in [0.15, 0.2) is 12.4 Å². The standard InChI is InChI=1S/C12H21ClN4O2S/c1-15-9-12(8-14-15)10-16(2)20(18,19)17-5-3-11(7-13)4-6-17/h8-9,11H,3-7,10H2,1-2H3. The fraction of sp³-hybridized carbons (Fsp3) is 0.750. The fourth-order valence-electron chi connectivity index (χ4n) is 2.38. The number of aryl methyl sites for hydroxylation is 1. The normalized spacial score (nSPS) is 18.8. The summed E-state index contributed by atoms with van der Waals surface area (Å²) in [5.74, 6) is 1.05. The number of nitrogens with zero attached hydrogens (tertiary/aromatic N) is 4. The third kappa shape index (κ3) is 3.52. The lowest BCUT2D eigenvalue weighted by Gasteiger charge is -2.33. The molecule has 1 aliphatic heterocycles. The van der Waals surface area contributed by atoms with Gasteiger partial charge in [-0.15, -0.1) is 11.6 Å². The molecule has 0 aromatic carbocycles. The van der Waals surface area contributed by atoms with Gasteiger partial charge in [-0.25, -0.2) is 0 Å². The summed E-state index contributed by atoms with van der Waals surface area (Å²) in [6.07, 6.45) is 5.18. The molecule has 1 saturated heterocycles. The van der Waals surface area contributed by atoms with Crippen LogP contribution < -0.4 is 0 Å². The van der Waals surface area contributed by atoms with Crippen LogP contribution in [0.5, 0.6) is 0 Å². The van der Waals surface area contributed by atoms with Gasteiger partial charge in [0.15, 0.2) is 0 Å². The van der Waals surface area contributed by atoms with E-state index in [9.17, 15) is 8.42 Å². The molecule has 1 aliphatic rings. The molecule has 8 heteroatoms. The summed E-state index contributed by atoms with van der Waals surface area (Å²) in [6, 6.07) is 0. The molecule has 1 aromatic heterocycles. The third-order valence-electron chi connectivity index (χ3n) is 3.68. The summed E-state index contributed by atoms with van der Waals surface area (Å²) in [6.45, 7) is 1.44. The largest absolute Gasteiger partial charge is 0.282 e. The second-order valence-electron chi connectivity index (χ2n) is 5.28. The smallest absolute Gasteiger partial charge is 0.275 e. The average Bonchev–Trinajstić information content (AvgIpc) is 2.84. The van der Waals surface area contributed by atoms with E-state index in [-0.39, 0.29) is 0 Å². The van der Waals surface area contributed by atoms with Crippen molar-refractivity contribution in [3.8, 4) is 0 Å². The molecule has 1 fully saturated rings. The lowest BCUT2D eigenvalue weighted by atomic mass is 10.0. The Morgan fingerprint density at radius 3 is 2.60 bits per heavy atom. The van der Waals surface area contributed by atoms with Crippen LogP contribution in [0.25, 0.3) is 0 Å². The molecule has 0 bridgehead atoms. The Morgan fingerprint density at radius 1 is 1.45 bits per heavy atom. The molecule has 0 N–H and O–H groups in total. The summed E-state index contributed by atoms with van der Waals surface area (Å²) in [4.78, 5) is 0. The molecular weight excluding hydrogens is 300 g/mol. The van der Waals surface area contributed by atoms with Crippen molar-refractivity contribution < 1.29 is 8.42 Å². The lowest BCUT2D eigenvalue weighted by Crippen LogP contribution is -2.45. The quantitative estimate of drug-likeness (QED) is 0.762. The Balaban J connectivity index is 1.99. The second-order valence-corrected chi connectivity index (χ2v) is 7.63. The fourth-order valence-corrected chi connectivity index (χ4v) is 4.07. The number of rotatable bonds is 5. The first-order valence-corrected chi connectivity index (χ1v) is 8.61. The highest BCUT2D eigenvalue weighted by atomic mass is 35.5. The molecule has 2 rings (SSSR count). The minimum absolute atomic E-state index is 0.339. The van der Waals surface area contributed by atoms with Crippen molar-refractivity contribution in [3.63, 3.8) is 0 Å². The van der Waals surface area contributed by atoms with Gasteiger partial charge in [-0.05, 0) is 18.8 Å². The van der Waals surface area contributed by atoms with Crippen LogP contribution in [0, 0.1) is 5.92 Å². The number of hydrogen-bond acceptors (Lipinski definition) is 3. The molecule has 1 aromatic rings. The van der Waals surface area contributed by atoms with Crippen molar-refractivity contribution in [2.45, 2.75) is 19.4 Å². The van der Waals surface area contributed by atoms with Crippen molar-refractivity contribution in [1.82, 2.24) is 18.4 Å². The third-order valence-corrected chi connectivity index (χ3v) is 6.05. The zero-order valence-corrected chi connectivity index (χ0v) is 13.4. The Bertz CT molecular complexity index is 537. The van der Waals surface area contributed by atoms with Crippen molar-refractivity contribution in [2.24, 2.45) is 13.0 Å². The maximum Gasteiger partial charge on any atom is 0.282 e. The Labute approximate surface area is 125 Å². The number of alkyl halides is 1. The molecule has 0 aliphatic carbocycles. The van der Waals surface area contributed by atoms with Crippen molar-refractivity contribution in [3.05, 3.63) is 18.0 Å². The van der Waals surface area contributed by atoms with Gasteiger partial charge in [0.05, 0.1) is 6.20 Å². The summed E-state index contributed by atoms with van der Waals surface area (Å²) >= 11 is 5.83. The van der Waals surface area contributed by atoms with E-state index < -0.39 is 10.2 Å². The predicted octanol–water partition coefficient (Wildman–Crippen LogP) is 1.05. The Morgan fingerprint density at radius 2 is 2.10 bits per heavy atom. The Hall–Kier alpha value is -0.630. The molecule has 0 spiro atoms. The first kappa shape index (κ1) is 15.8. The zero-order chi connectivity index (χ0) is 14.8. The highest BCUT2D eigenvalue weighted by Crippen LogP contribution is 2.22. The predicted molar refractivity (Wildman–Crippen MR) is 78.6 cm³/mol. The van der Waals surface area contributed by atoms with Gasteiger partial charge in [0.2, 0.25) is 0 Å². The van der Waals surface area contributed by atoms with Crippen molar-refractivity contribution in [2.75, 3.05) is 26.0 Å². The minimum atomic E-state index is -3.40. The van der Waals surface area contributed by atoms with E-state index in [4.69, 9.17) is 11.6 Å². The van der Waals surface area contributed by atoms with E-state index >= 15 is 0 Å². The monoisotopic (exact) mass is 320 g/mol. The van der Waals surface area contributed by atoms with Crippen LogP contribution in [0.3, 0.4) is 0 Å². The molecule has 6 nitrogen and oxygen atoms in total. The molecular formula is C12H21ClN4O2S. The van der Waals surface area contributed by atoms with Crippen LogP contribution in [-0.4, -0.2) is 52.8 Å². The molecule has 2 heterocycles. The van der Waals surface area contributed by atoms with Crippen LogP contribution in [-0.2, 0) is 23.8 Å². The van der Waals surface area contributed by atoms with Gasteiger partial charge in [-0.1, -0.05) is 0 Å². The van der Waals surface area contributed by atoms with Crippen LogP contribution >= 0.6 is 11.6 Å². The van der Waals surface area contributed by atoms with E-state index in [0.717, 1.165) is 18.4 Å². The van der Waals surface area contributed by atoms with Crippen LogP contribution in [0.2, 0.25) is 0 Å². The van der Waals surface area contributed by atoms with Gasteiger partial charge in [-0.3, -0.25) is 4.68 Å². The first-order chi connectivity index (χ1) is 9.43. The van der Waals surface area contributed by atoms with Gasteiger partial charge >= 0.3 is 0 Å². The second kappa shape index (κ2) is 6.43. The number of hydrogen-bond donors (Lipinski definition) is 0. The highest BCUT2D eigenvalue weighted by molar-refractivity contribution is 7.86. The van der Waals surface area contributed by atoms with Crippen LogP contribution in [0.1, 0.15) is 18.4 Å². The highest BCUT2D eigenvalue weighted by Gasteiger charge is 2.30. The van der Waals surface area contributed by atoms with Gasteiger partial charge in [0.25, 0.3) is 10.2 Å². The summed E-state index contributed by atoms with van der Waals surface area (Å²) < 4.78 is 29.6. The first-order valence-electron chi connectivity index (χ1n) is 6.68. The van der Waals surface area contributed by atoms with E-state index in [1.165, 1.54) is 4.31 Å². The molecule has 0 radical (unpaired) electrons. The van der Waals surface area contributed by atoms with Crippen molar-refractivity contribution in [1.29, 1.82) is 0 Å². The molecule has 0 amide bonds. The van der Waals surface area contributed by atoms with E-state index in [1.54, 1.807) is 22.2 Å². The Kier molecular flexibility index (Phi) is 5.06. The van der Waals surface area contributed by atoms with E-state index in [0.29, 0.717) is 31.4 Å². The number of halogens is 1. The topological polar surface area (TPSA) is 58.4 Å². The molecule has 0 unspecified atom stereocenters. The molecule has 0 saturated carbocycles. The zero-order valence-electron chi connectivity index (χ0n) is 11.9. The summed E-state index contributed by atoms with van der Waals surface area (Å²) in [7, 11) is 0.0255.